The molecule has 0 saturated heterocycles. The third-order valence-corrected chi connectivity index (χ3v) is 17.6. The van der Waals surface area contributed by atoms with Crippen LogP contribution in [0.4, 0.5) is 0 Å². The second-order valence-electron chi connectivity index (χ2n) is 12.1. The topological polar surface area (TPSA) is 55.7 Å². The first-order valence-corrected chi connectivity index (χ1v) is 18.9. The van der Waals surface area contributed by atoms with Crippen molar-refractivity contribution in [1.82, 2.24) is 0 Å². The number of nitrogens with zero attached hydrogens (tertiary/aromatic N) is 1. The van der Waals surface area contributed by atoms with Gasteiger partial charge in [0.2, 0.25) is 0 Å². The Morgan fingerprint density at radius 1 is 0.500 bits per heavy atom. The lowest BCUT2D eigenvalue weighted by Crippen LogP contribution is -2.50. The first kappa shape index (κ1) is 27.6. The third-order valence-electron chi connectivity index (χ3n) is 10.1. The van der Waals surface area contributed by atoms with E-state index in [1.165, 1.54) is 0 Å². The second-order valence-corrected chi connectivity index (χ2v) is 18.0. The molecule has 2 saturated carbocycles. The van der Waals surface area contributed by atoms with Crippen LogP contribution in [-0.4, -0.2) is 23.1 Å². The molecule has 6 heteroatoms. The number of rotatable bonds is 7. The summed E-state index contributed by atoms with van der Waals surface area (Å²) in [6, 6.07) is 49.8. The van der Waals surface area contributed by atoms with Crippen molar-refractivity contribution in [1.29, 1.82) is 0 Å². The molecule has 1 heterocycles. The van der Waals surface area contributed by atoms with Crippen molar-refractivity contribution in [3.63, 3.8) is 0 Å². The van der Waals surface area contributed by atoms with E-state index in [2.05, 4.69) is 12.1 Å². The van der Waals surface area contributed by atoms with Crippen LogP contribution in [0.15, 0.2) is 157 Å². The van der Waals surface area contributed by atoms with Crippen molar-refractivity contribution in [3.05, 3.63) is 157 Å². The van der Waals surface area contributed by atoms with E-state index in [-0.39, 0.29) is 29.5 Å². The Morgan fingerprint density at radius 2 is 0.864 bits per heavy atom. The molecule has 2 fully saturated rings. The molecule has 3 aliphatic rings. The summed E-state index contributed by atoms with van der Waals surface area (Å²) >= 11 is 0. The van der Waals surface area contributed by atoms with E-state index >= 15 is 9.13 Å². The van der Waals surface area contributed by atoms with Crippen LogP contribution in [-0.2, 0) is 14.0 Å². The summed E-state index contributed by atoms with van der Waals surface area (Å²) in [4.78, 5) is 6.32. The van der Waals surface area contributed by atoms with E-state index in [1.807, 2.05) is 140 Å². The molecule has 0 amide bonds. The van der Waals surface area contributed by atoms with Crippen LogP contribution in [0.25, 0.3) is 0 Å². The summed E-state index contributed by atoms with van der Waals surface area (Å²) in [6.07, 6.45) is 0.585. The molecule has 8 rings (SSSR count). The molecule has 0 spiro atoms. The second kappa shape index (κ2) is 10.9. The normalized spacial score (nSPS) is 25.7. The Hall–Kier alpha value is -3.97. The Labute approximate surface area is 258 Å². The smallest absolute Gasteiger partial charge is 0.147 e. The van der Waals surface area contributed by atoms with Gasteiger partial charge in [-0.15, -0.1) is 0 Å². The Balaban J connectivity index is 1.39. The van der Waals surface area contributed by atoms with E-state index in [0.29, 0.717) is 0 Å². The van der Waals surface area contributed by atoms with Crippen LogP contribution in [0, 0.1) is 17.8 Å². The predicted octanol–water partition coefficient (Wildman–Crippen LogP) is 6.82. The molecule has 5 aromatic carbocycles. The zero-order valence-electron chi connectivity index (χ0n) is 24.2. The molecule has 0 radical (unpaired) electrons. The van der Waals surface area contributed by atoms with Crippen LogP contribution in [0.2, 0.25) is 0 Å². The molecule has 2 aliphatic carbocycles. The van der Waals surface area contributed by atoms with Crippen LogP contribution < -0.4 is 21.2 Å². The van der Waals surface area contributed by atoms with Crippen molar-refractivity contribution in [2.75, 3.05) is 0 Å². The third kappa shape index (κ3) is 4.08. The Bertz CT molecular complexity index is 1810. The molecule has 218 valence electrons. The molecule has 6 atom stereocenters. The fourth-order valence-corrected chi connectivity index (χ4v) is 16.9. The van der Waals surface area contributed by atoms with E-state index in [4.69, 9.17) is 9.99 Å². The fraction of sp³-hybridized carbons (Fsp3) is 0.184. The summed E-state index contributed by atoms with van der Waals surface area (Å²) in [5.74, 6) is -0.125. The Morgan fingerprint density at radius 3 is 1.27 bits per heavy atom. The highest BCUT2D eigenvalue weighted by atomic mass is 31.2. The zero-order chi connectivity index (χ0) is 29.7. The summed E-state index contributed by atoms with van der Waals surface area (Å²) in [7, 11) is -6.71. The van der Waals surface area contributed by atoms with Gasteiger partial charge in [-0.2, -0.15) is 0 Å². The van der Waals surface area contributed by atoms with Gasteiger partial charge in [0.05, 0.1) is 5.71 Å². The van der Waals surface area contributed by atoms with Gasteiger partial charge < -0.3 is 14.0 Å². The predicted molar refractivity (Wildman–Crippen MR) is 180 cm³/mol. The van der Waals surface area contributed by atoms with Crippen LogP contribution >= 0.6 is 14.3 Å². The standard InChI is InChI=1S/C38H33NO3P2/c40-43(28-18-8-2-9-19-28,29-20-10-3-11-21-29)37-32-26-33(36-34(32)35(39-42-36)27-16-6-1-7-17-27)38(37)44(41,30-22-12-4-13-23-30)31-24-14-5-15-25-31/h1-25,32-34,36-38H,26H2/t32-,33-,34-,36+,37+,38-/m0/s1. The zero-order valence-corrected chi connectivity index (χ0v) is 26.0. The summed E-state index contributed by atoms with van der Waals surface area (Å²) in [6.45, 7) is 0. The van der Waals surface area contributed by atoms with E-state index < -0.39 is 19.9 Å². The van der Waals surface area contributed by atoms with E-state index in [9.17, 15) is 0 Å². The molecule has 1 aliphatic heterocycles. The van der Waals surface area contributed by atoms with Crippen molar-refractivity contribution >= 4 is 41.2 Å². The maximum absolute atomic E-state index is 16.4. The van der Waals surface area contributed by atoms with Crippen LogP contribution in [0.1, 0.15) is 12.0 Å². The first-order chi connectivity index (χ1) is 21.6. The maximum Gasteiger partial charge on any atom is 0.147 e. The average Bonchev–Trinajstić information content (AvgIpc) is 3.82. The van der Waals surface area contributed by atoms with Gasteiger partial charge in [0.25, 0.3) is 0 Å². The Kier molecular flexibility index (Phi) is 6.82. The summed E-state index contributed by atoms with van der Waals surface area (Å²) < 4.78 is 32.6. The van der Waals surface area contributed by atoms with Gasteiger partial charge in [-0.3, -0.25) is 0 Å². The molecule has 2 bridgehead atoms. The molecule has 44 heavy (non-hydrogen) atoms. The van der Waals surface area contributed by atoms with Gasteiger partial charge in [0.1, 0.15) is 20.4 Å². The van der Waals surface area contributed by atoms with Crippen molar-refractivity contribution in [2.45, 2.75) is 23.8 Å². The minimum atomic E-state index is -3.36. The van der Waals surface area contributed by atoms with E-state index in [1.54, 1.807) is 0 Å². The molecule has 4 nitrogen and oxygen atoms in total. The number of hydrogen-bond donors (Lipinski definition) is 0. The van der Waals surface area contributed by atoms with Crippen molar-refractivity contribution in [2.24, 2.45) is 22.9 Å². The first-order valence-electron chi connectivity index (χ1n) is 15.3. The highest BCUT2D eigenvalue weighted by Crippen LogP contribution is 2.73. The van der Waals surface area contributed by atoms with Gasteiger partial charge in [0, 0.05) is 44.4 Å². The summed E-state index contributed by atoms with van der Waals surface area (Å²) in [5.41, 5.74) is 1.19. The maximum atomic E-state index is 16.4. The molecular formula is C38H33NO3P2. The van der Waals surface area contributed by atoms with Gasteiger partial charge in [-0.05, 0) is 17.9 Å². The minimum absolute atomic E-state index is 0.0237. The highest BCUT2D eigenvalue weighted by molar-refractivity contribution is 7.83. The molecular weight excluding hydrogens is 580 g/mol. The van der Waals surface area contributed by atoms with Crippen LogP contribution in [0.3, 0.4) is 0 Å². The molecule has 0 aromatic heterocycles. The largest absolute Gasteiger partial charge is 0.391 e. The lowest BCUT2D eigenvalue weighted by atomic mass is 9.80. The van der Waals surface area contributed by atoms with Crippen molar-refractivity contribution in [3.8, 4) is 0 Å². The SMILES string of the molecule is O=P(c1ccccc1)(c1ccccc1)[C@@H]1[C@H]2C[C@@H]([C@H]3ON=C(c4ccccc4)[C@H]23)[C@@H]1P(=O)(c1ccccc1)c1ccccc1. The number of oxime groups is 1. The van der Waals surface area contributed by atoms with Gasteiger partial charge in [-0.25, -0.2) is 0 Å². The quantitative estimate of drug-likeness (QED) is 0.189. The van der Waals surface area contributed by atoms with Crippen LogP contribution in [0.5, 0.6) is 0 Å². The molecule has 5 aromatic rings. The average molecular weight is 614 g/mol. The van der Waals surface area contributed by atoms with Crippen molar-refractivity contribution < 1.29 is 14.0 Å². The highest BCUT2D eigenvalue weighted by Gasteiger charge is 2.70. The van der Waals surface area contributed by atoms with Gasteiger partial charge in [-0.1, -0.05) is 157 Å². The minimum Gasteiger partial charge on any atom is -0.391 e. The molecule has 0 unspecified atom stereocenters. The monoisotopic (exact) mass is 613 g/mol. The van der Waals surface area contributed by atoms with Gasteiger partial charge >= 0.3 is 0 Å². The van der Waals surface area contributed by atoms with Gasteiger partial charge in [0.15, 0.2) is 0 Å². The lowest BCUT2D eigenvalue weighted by Gasteiger charge is -2.44. The number of hydrogen-bond acceptors (Lipinski definition) is 4. The number of fused-ring (bicyclic) bond motifs is 5. The summed E-state index contributed by atoms with van der Waals surface area (Å²) in [5, 5.41) is 7.93. The fourth-order valence-electron chi connectivity index (χ4n) is 8.39. The lowest BCUT2D eigenvalue weighted by molar-refractivity contribution is 0.0293. The van der Waals surface area contributed by atoms with E-state index in [0.717, 1.165) is 38.9 Å². The molecule has 0 N–H and O–H groups in total. The number of benzene rings is 5.